The van der Waals surface area contributed by atoms with Crippen molar-refractivity contribution in [2.75, 3.05) is 37.7 Å². The normalized spacial score (nSPS) is 21.9. The maximum atomic E-state index is 12.3. The Morgan fingerprint density at radius 3 is 2.69 bits per heavy atom. The predicted octanol–water partition coefficient (Wildman–Crippen LogP) is 1.01. The average molecular weight is 399 g/mol. The number of thioether (sulfide) groups is 1. The number of nitrogens with two attached hydrogens (primary N) is 1. The third-order valence-electron chi connectivity index (χ3n) is 4.52. The van der Waals surface area contributed by atoms with Crippen LogP contribution in [-0.4, -0.2) is 63.1 Å². The van der Waals surface area contributed by atoms with Crippen molar-refractivity contribution in [3.05, 3.63) is 29.8 Å². The monoisotopic (exact) mass is 398 g/mol. The van der Waals surface area contributed by atoms with E-state index < -0.39 is 10.0 Å². The first kappa shape index (κ1) is 19.5. The van der Waals surface area contributed by atoms with Gasteiger partial charge in [-0.05, 0) is 30.5 Å². The molecule has 0 radical (unpaired) electrons. The van der Waals surface area contributed by atoms with Crippen LogP contribution in [0.1, 0.15) is 18.4 Å². The molecule has 1 aromatic carbocycles. The Labute approximate surface area is 159 Å². The molecule has 0 amide bonds. The summed E-state index contributed by atoms with van der Waals surface area (Å²) in [5.74, 6) is 2.70. The van der Waals surface area contributed by atoms with Crippen LogP contribution in [0.25, 0.3) is 0 Å². The minimum Gasteiger partial charge on any atom is -0.377 e. The van der Waals surface area contributed by atoms with Crippen molar-refractivity contribution in [2.24, 2.45) is 10.7 Å². The van der Waals surface area contributed by atoms with Crippen molar-refractivity contribution in [3.8, 4) is 0 Å². The van der Waals surface area contributed by atoms with E-state index in [0.29, 0.717) is 25.7 Å². The molecule has 2 aliphatic heterocycles. The third kappa shape index (κ3) is 5.35. The zero-order valence-electron chi connectivity index (χ0n) is 14.8. The first-order valence-electron chi connectivity index (χ1n) is 8.87. The van der Waals surface area contributed by atoms with Crippen molar-refractivity contribution in [1.29, 1.82) is 0 Å². The second kappa shape index (κ2) is 9.07. The Balaban J connectivity index is 1.55. The van der Waals surface area contributed by atoms with Gasteiger partial charge >= 0.3 is 0 Å². The number of guanidine groups is 1. The van der Waals surface area contributed by atoms with Gasteiger partial charge in [0.2, 0.25) is 10.0 Å². The quantitative estimate of drug-likeness (QED) is 0.548. The SMILES string of the molecule is NC(=NCc1ccc(S(=O)(=O)NCC2CCCO2)cc1)N1CCSCC1. The number of benzene rings is 1. The van der Waals surface area contributed by atoms with Gasteiger partial charge in [0, 0.05) is 37.7 Å². The van der Waals surface area contributed by atoms with Crippen LogP contribution in [0.3, 0.4) is 0 Å². The standard InChI is InChI=1S/C17H26N4O3S2/c18-17(21-7-10-25-11-8-21)19-12-14-3-5-16(6-4-14)26(22,23)20-13-15-2-1-9-24-15/h3-6,15,20H,1-2,7-13H2,(H2,18,19). The number of rotatable bonds is 6. The van der Waals surface area contributed by atoms with Gasteiger partial charge in [-0.1, -0.05) is 12.1 Å². The molecule has 0 spiro atoms. The lowest BCUT2D eigenvalue weighted by Gasteiger charge is -2.27. The summed E-state index contributed by atoms with van der Waals surface area (Å²) in [7, 11) is -3.51. The van der Waals surface area contributed by atoms with Gasteiger partial charge in [-0.3, -0.25) is 0 Å². The van der Waals surface area contributed by atoms with Gasteiger partial charge in [-0.25, -0.2) is 18.1 Å². The zero-order chi connectivity index (χ0) is 18.4. The van der Waals surface area contributed by atoms with Gasteiger partial charge in [0.05, 0.1) is 17.5 Å². The first-order valence-corrected chi connectivity index (χ1v) is 11.5. The number of ether oxygens (including phenoxy) is 1. The third-order valence-corrected chi connectivity index (χ3v) is 6.90. The van der Waals surface area contributed by atoms with E-state index in [1.165, 1.54) is 0 Å². The highest BCUT2D eigenvalue weighted by Gasteiger charge is 2.20. The molecule has 144 valence electrons. The van der Waals surface area contributed by atoms with Crippen LogP contribution in [0, 0.1) is 0 Å². The maximum absolute atomic E-state index is 12.3. The van der Waals surface area contributed by atoms with Crippen molar-refractivity contribution in [2.45, 2.75) is 30.4 Å². The van der Waals surface area contributed by atoms with E-state index in [1.54, 1.807) is 24.3 Å². The minimum atomic E-state index is -3.51. The van der Waals surface area contributed by atoms with E-state index in [4.69, 9.17) is 10.5 Å². The molecule has 3 N–H and O–H groups in total. The Morgan fingerprint density at radius 2 is 2.04 bits per heavy atom. The van der Waals surface area contributed by atoms with Crippen molar-refractivity contribution < 1.29 is 13.2 Å². The molecular formula is C17H26N4O3S2. The van der Waals surface area contributed by atoms with Gasteiger partial charge in [-0.2, -0.15) is 11.8 Å². The lowest BCUT2D eigenvalue weighted by atomic mass is 10.2. The predicted molar refractivity (Wildman–Crippen MR) is 105 cm³/mol. The number of hydrogen-bond donors (Lipinski definition) is 2. The van der Waals surface area contributed by atoms with Crippen LogP contribution in [0.2, 0.25) is 0 Å². The van der Waals surface area contributed by atoms with Crippen LogP contribution in [0.4, 0.5) is 0 Å². The Bertz CT molecular complexity index is 710. The number of sulfonamides is 1. The molecule has 0 saturated carbocycles. The van der Waals surface area contributed by atoms with Crippen molar-refractivity contribution in [1.82, 2.24) is 9.62 Å². The number of hydrogen-bond acceptors (Lipinski definition) is 5. The Hall–Kier alpha value is -1.29. The van der Waals surface area contributed by atoms with Gasteiger partial charge in [0.1, 0.15) is 0 Å². The van der Waals surface area contributed by atoms with Gasteiger partial charge in [-0.15, -0.1) is 0 Å². The summed E-state index contributed by atoms with van der Waals surface area (Å²) in [4.78, 5) is 6.77. The topological polar surface area (TPSA) is 97.0 Å². The molecule has 9 heteroatoms. The summed E-state index contributed by atoms with van der Waals surface area (Å²) < 4.78 is 32.8. The lowest BCUT2D eigenvalue weighted by molar-refractivity contribution is 0.114. The first-order chi connectivity index (χ1) is 12.5. The van der Waals surface area contributed by atoms with Crippen molar-refractivity contribution >= 4 is 27.7 Å². The fraction of sp³-hybridized carbons (Fsp3) is 0.588. The summed E-state index contributed by atoms with van der Waals surface area (Å²) in [5.41, 5.74) is 6.97. The second-order valence-electron chi connectivity index (χ2n) is 6.40. The molecule has 1 atom stereocenters. The van der Waals surface area contributed by atoms with Gasteiger partial charge < -0.3 is 15.4 Å². The van der Waals surface area contributed by atoms with Crippen molar-refractivity contribution in [3.63, 3.8) is 0 Å². The number of nitrogens with zero attached hydrogens (tertiary/aromatic N) is 2. The van der Waals surface area contributed by atoms with Crippen LogP contribution in [0.15, 0.2) is 34.2 Å². The van der Waals surface area contributed by atoms with E-state index in [1.807, 2.05) is 11.8 Å². The van der Waals surface area contributed by atoms with Crippen LogP contribution >= 0.6 is 11.8 Å². The summed E-state index contributed by atoms with van der Waals surface area (Å²) >= 11 is 1.92. The molecule has 3 rings (SSSR count). The van der Waals surface area contributed by atoms with Crippen LogP contribution in [0.5, 0.6) is 0 Å². The molecule has 2 saturated heterocycles. The highest BCUT2D eigenvalue weighted by Crippen LogP contribution is 2.15. The smallest absolute Gasteiger partial charge is 0.240 e. The molecule has 2 aliphatic rings. The molecule has 7 nitrogen and oxygen atoms in total. The summed E-state index contributed by atoms with van der Waals surface area (Å²) in [6, 6.07) is 6.78. The molecule has 0 aromatic heterocycles. The van der Waals surface area contributed by atoms with E-state index in [2.05, 4.69) is 14.6 Å². The molecule has 0 bridgehead atoms. The summed E-state index contributed by atoms with van der Waals surface area (Å²) in [5, 5.41) is 0. The zero-order valence-corrected chi connectivity index (χ0v) is 16.4. The van der Waals surface area contributed by atoms with E-state index in [-0.39, 0.29) is 11.0 Å². The molecule has 26 heavy (non-hydrogen) atoms. The van der Waals surface area contributed by atoms with Gasteiger partial charge in [0.15, 0.2) is 5.96 Å². The minimum absolute atomic E-state index is 0.0189. The van der Waals surface area contributed by atoms with Crippen LogP contribution in [-0.2, 0) is 21.3 Å². The maximum Gasteiger partial charge on any atom is 0.240 e. The van der Waals surface area contributed by atoms with Crippen LogP contribution < -0.4 is 10.5 Å². The van der Waals surface area contributed by atoms with E-state index in [0.717, 1.165) is 43.0 Å². The molecular weight excluding hydrogens is 372 g/mol. The fourth-order valence-electron chi connectivity index (χ4n) is 2.93. The van der Waals surface area contributed by atoms with E-state index >= 15 is 0 Å². The second-order valence-corrected chi connectivity index (χ2v) is 9.40. The molecule has 1 aromatic rings. The lowest BCUT2D eigenvalue weighted by Crippen LogP contribution is -2.42. The molecule has 2 heterocycles. The fourth-order valence-corrected chi connectivity index (χ4v) is 4.90. The Kier molecular flexibility index (Phi) is 6.80. The summed E-state index contributed by atoms with van der Waals surface area (Å²) in [6.07, 6.45) is 1.87. The summed E-state index contributed by atoms with van der Waals surface area (Å²) in [6.45, 7) is 3.32. The Morgan fingerprint density at radius 1 is 1.31 bits per heavy atom. The van der Waals surface area contributed by atoms with Gasteiger partial charge in [0.25, 0.3) is 0 Å². The number of aliphatic imine (C=N–C) groups is 1. The highest BCUT2D eigenvalue weighted by molar-refractivity contribution is 7.99. The average Bonchev–Trinajstić information content (AvgIpc) is 3.19. The number of nitrogens with one attached hydrogen (secondary N) is 1. The molecule has 2 fully saturated rings. The van der Waals surface area contributed by atoms with E-state index in [9.17, 15) is 8.42 Å². The molecule has 1 unspecified atom stereocenters. The largest absolute Gasteiger partial charge is 0.377 e. The molecule has 0 aliphatic carbocycles. The highest BCUT2D eigenvalue weighted by atomic mass is 32.2.